The third-order valence-electron chi connectivity index (χ3n) is 3.20. The molecular formula is C14H18N4OS. The predicted molar refractivity (Wildman–Crippen MR) is 79.4 cm³/mol. The van der Waals surface area contributed by atoms with Gasteiger partial charge in [0.1, 0.15) is 5.01 Å². The van der Waals surface area contributed by atoms with E-state index in [1.807, 2.05) is 31.4 Å². The van der Waals surface area contributed by atoms with Gasteiger partial charge in [0, 0.05) is 30.5 Å². The lowest BCUT2D eigenvalue weighted by atomic mass is 10.0. The predicted octanol–water partition coefficient (Wildman–Crippen LogP) is 2.66. The summed E-state index contributed by atoms with van der Waals surface area (Å²) in [6, 6.07) is 3.56. The Morgan fingerprint density at radius 1 is 1.35 bits per heavy atom. The van der Waals surface area contributed by atoms with Crippen molar-refractivity contribution < 1.29 is 4.79 Å². The fourth-order valence-electron chi connectivity index (χ4n) is 1.77. The first-order valence-electron chi connectivity index (χ1n) is 6.49. The Bertz CT molecular complexity index is 544. The summed E-state index contributed by atoms with van der Waals surface area (Å²) in [5.41, 5.74) is 0.582. The summed E-state index contributed by atoms with van der Waals surface area (Å²) in [6.07, 6.45) is 5.95. The van der Waals surface area contributed by atoms with Crippen molar-refractivity contribution in [3.63, 3.8) is 0 Å². The van der Waals surface area contributed by atoms with Gasteiger partial charge in [-0.2, -0.15) is 0 Å². The zero-order valence-corrected chi connectivity index (χ0v) is 12.4. The van der Waals surface area contributed by atoms with Crippen LogP contribution in [0.25, 0.3) is 0 Å². The van der Waals surface area contributed by atoms with Crippen LogP contribution >= 0.6 is 11.3 Å². The lowest BCUT2D eigenvalue weighted by Crippen LogP contribution is -2.47. The number of nitrogens with zero attached hydrogens (tertiary/aromatic N) is 2. The van der Waals surface area contributed by atoms with Crippen molar-refractivity contribution in [2.45, 2.75) is 32.4 Å². The Hall–Kier alpha value is -1.95. The Labute approximate surface area is 122 Å². The summed E-state index contributed by atoms with van der Waals surface area (Å²) < 4.78 is 0. The second kappa shape index (κ2) is 6.47. The van der Waals surface area contributed by atoms with Crippen LogP contribution in [0.4, 0.5) is 4.79 Å². The second-order valence-corrected chi connectivity index (χ2v) is 5.58. The number of amides is 2. The lowest BCUT2D eigenvalue weighted by Gasteiger charge is -2.27. The number of carbonyl (C=O) groups is 1. The van der Waals surface area contributed by atoms with E-state index < -0.39 is 5.54 Å². The van der Waals surface area contributed by atoms with Crippen LogP contribution in [0.5, 0.6) is 0 Å². The fraction of sp³-hybridized carbons (Fsp3) is 0.357. The molecule has 2 aromatic heterocycles. The van der Waals surface area contributed by atoms with E-state index in [-0.39, 0.29) is 6.03 Å². The maximum absolute atomic E-state index is 12.0. The molecule has 1 atom stereocenters. The number of nitrogens with one attached hydrogen (secondary N) is 2. The zero-order valence-electron chi connectivity index (χ0n) is 11.6. The number of rotatable bonds is 5. The Balaban J connectivity index is 1.93. The molecule has 0 saturated carbocycles. The minimum absolute atomic E-state index is 0.193. The normalized spacial score (nSPS) is 13.5. The number of hydrogen-bond acceptors (Lipinski definition) is 4. The van der Waals surface area contributed by atoms with E-state index in [0.29, 0.717) is 6.54 Å². The summed E-state index contributed by atoms with van der Waals surface area (Å²) in [6.45, 7) is 4.49. The van der Waals surface area contributed by atoms with Gasteiger partial charge in [-0.3, -0.25) is 4.98 Å². The summed E-state index contributed by atoms with van der Waals surface area (Å²) in [5, 5.41) is 8.68. The maximum Gasteiger partial charge on any atom is 0.315 e. The van der Waals surface area contributed by atoms with Crippen LogP contribution in [0.15, 0.2) is 36.1 Å². The zero-order chi connectivity index (χ0) is 14.4. The molecule has 2 amide bonds. The van der Waals surface area contributed by atoms with E-state index >= 15 is 0 Å². The van der Waals surface area contributed by atoms with E-state index in [0.717, 1.165) is 17.0 Å². The largest absolute Gasteiger partial charge is 0.334 e. The fourth-order valence-corrected chi connectivity index (χ4v) is 2.59. The number of thiazole rings is 1. The van der Waals surface area contributed by atoms with Gasteiger partial charge in [0.05, 0.1) is 5.54 Å². The summed E-state index contributed by atoms with van der Waals surface area (Å²) >= 11 is 1.55. The van der Waals surface area contributed by atoms with Gasteiger partial charge in [-0.25, -0.2) is 9.78 Å². The number of urea groups is 1. The first-order valence-corrected chi connectivity index (χ1v) is 7.37. The molecule has 0 aromatic carbocycles. The monoisotopic (exact) mass is 290 g/mol. The molecule has 0 aliphatic carbocycles. The van der Waals surface area contributed by atoms with Crippen LogP contribution in [0.1, 0.15) is 30.8 Å². The highest BCUT2D eigenvalue weighted by molar-refractivity contribution is 7.09. The minimum atomic E-state index is -0.434. The van der Waals surface area contributed by atoms with Crippen molar-refractivity contribution in [3.8, 4) is 0 Å². The van der Waals surface area contributed by atoms with Crippen molar-refractivity contribution in [2.75, 3.05) is 0 Å². The minimum Gasteiger partial charge on any atom is -0.334 e. The summed E-state index contributed by atoms with van der Waals surface area (Å²) in [4.78, 5) is 20.3. The van der Waals surface area contributed by atoms with Crippen LogP contribution in [0, 0.1) is 0 Å². The van der Waals surface area contributed by atoms with Gasteiger partial charge in [-0.15, -0.1) is 11.3 Å². The van der Waals surface area contributed by atoms with Gasteiger partial charge in [0.15, 0.2) is 0 Å². The first kappa shape index (κ1) is 14.5. The standard InChI is InChI=1S/C14H18N4OS/c1-3-14(2,12-16-8-9-20-12)18-13(19)17-10-11-4-6-15-7-5-11/h4-9H,3,10H2,1-2H3,(H2,17,18,19). The van der Waals surface area contributed by atoms with E-state index in [2.05, 4.69) is 20.6 Å². The average Bonchev–Trinajstić information content (AvgIpc) is 3.01. The number of aromatic nitrogens is 2. The SMILES string of the molecule is CCC(C)(NC(=O)NCc1ccncc1)c1nccs1. The molecule has 2 N–H and O–H groups in total. The van der Waals surface area contributed by atoms with Gasteiger partial charge in [0.2, 0.25) is 0 Å². The van der Waals surface area contributed by atoms with Crippen LogP contribution < -0.4 is 10.6 Å². The molecule has 0 radical (unpaired) electrons. The Morgan fingerprint density at radius 2 is 2.10 bits per heavy atom. The lowest BCUT2D eigenvalue weighted by molar-refractivity contribution is 0.225. The first-order chi connectivity index (χ1) is 9.64. The van der Waals surface area contributed by atoms with Crippen molar-refractivity contribution >= 4 is 17.4 Å². The maximum atomic E-state index is 12.0. The van der Waals surface area contributed by atoms with E-state index in [1.54, 1.807) is 29.9 Å². The molecular weight excluding hydrogens is 272 g/mol. The van der Waals surface area contributed by atoms with Gasteiger partial charge in [-0.05, 0) is 31.0 Å². The molecule has 6 heteroatoms. The summed E-state index contributed by atoms with van der Waals surface area (Å²) in [7, 11) is 0. The van der Waals surface area contributed by atoms with E-state index in [9.17, 15) is 4.79 Å². The molecule has 0 fully saturated rings. The molecule has 0 aliphatic rings. The van der Waals surface area contributed by atoms with Crippen LogP contribution in [-0.4, -0.2) is 16.0 Å². The van der Waals surface area contributed by atoms with Gasteiger partial charge < -0.3 is 10.6 Å². The molecule has 20 heavy (non-hydrogen) atoms. The molecule has 2 aromatic rings. The number of carbonyl (C=O) groups excluding carboxylic acids is 1. The van der Waals surface area contributed by atoms with Crippen molar-refractivity contribution in [1.29, 1.82) is 0 Å². The summed E-state index contributed by atoms with van der Waals surface area (Å²) in [5.74, 6) is 0. The topological polar surface area (TPSA) is 66.9 Å². The Morgan fingerprint density at radius 3 is 2.70 bits per heavy atom. The third kappa shape index (κ3) is 3.54. The third-order valence-corrected chi connectivity index (χ3v) is 4.24. The second-order valence-electron chi connectivity index (χ2n) is 4.69. The molecule has 0 spiro atoms. The van der Waals surface area contributed by atoms with Crippen LogP contribution in [-0.2, 0) is 12.1 Å². The van der Waals surface area contributed by atoms with Gasteiger partial charge >= 0.3 is 6.03 Å². The number of hydrogen-bond donors (Lipinski definition) is 2. The highest BCUT2D eigenvalue weighted by Gasteiger charge is 2.28. The van der Waals surface area contributed by atoms with Crippen molar-refractivity contribution in [2.24, 2.45) is 0 Å². The molecule has 5 nitrogen and oxygen atoms in total. The molecule has 2 heterocycles. The average molecular weight is 290 g/mol. The quantitative estimate of drug-likeness (QED) is 0.889. The van der Waals surface area contributed by atoms with Crippen LogP contribution in [0.2, 0.25) is 0 Å². The van der Waals surface area contributed by atoms with E-state index in [4.69, 9.17) is 0 Å². The smallest absolute Gasteiger partial charge is 0.315 e. The van der Waals surface area contributed by atoms with Crippen molar-refractivity contribution in [1.82, 2.24) is 20.6 Å². The number of pyridine rings is 1. The Kier molecular flexibility index (Phi) is 4.68. The van der Waals surface area contributed by atoms with Gasteiger partial charge in [0.25, 0.3) is 0 Å². The molecule has 0 bridgehead atoms. The van der Waals surface area contributed by atoms with Crippen molar-refractivity contribution in [3.05, 3.63) is 46.7 Å². The molecule has 106 valence electrons. The highest BCUT2D eigenvalue weighted by atomic mass is 32.1. The molecule has 0 aliphatic heterocycles. The van der Waals surface area contributed by atoms with E-state index in [1.165, 1.54) is 0 Å². The molecule has 2 rings (SSSR count). The molecule has 1 unspecified atom stereocenters. The molecule has 0 saturated heterocycles. The highest BCUT2D eigenvalue weighted by Crippen LogP contribution is 2.25. The van der Waals surface area contributed by atoms with Crippen LogP contribution in [0.3, 0.4) is 0 Å². The van der Waals surface area contributed by atoms with Gasteiger partial charge in [-0.1, -0.05) is 6.92 Å².